The van der Waals surface area contributed by atoms with E-state index in [1.54, 1.807) is 6.07 Å². The lowest BCUT2D eigenvalue weighted by atomic mass is 9.96. The molecule has 0 atom stereocenters. The van der Waals surface area contributed by atoms with E-state index in [0.717, 1.165) is 38.5 Å². The van der Waals surface area contributed by atoms with Gasteiger partial charge in [0.1, 0.15) is 0 Å². The molecule has 1 fully saturated rings. The van der Waals surface area contributed by atoms with Crippen LogP contribution < -0.4 is 5.32 Å². The Balaban J connectivity index is 1.97. The summed E-state index contributed by atoms with van der Waals surface area (Å²) in [6.07, 6.45) is -2.25. The smallest absolute Gasteiger partial charge is 0.384 e. The number of anilines is 1. The molecule has 0 radical (unpaired) electrons. The van der Waals surface area contributed by atoms with Crippen LogP contribution in [-0.2, 0) is 6.18 Å². The Kier molecular flexibility index (Phi) is 5.54. The van der Waals surface area contributed by atoms with Crippen molar-refractivity contribution >= 4 is 21.6 Å². The maximum Gasteiger partial charge on any atom is 0.418 e. The number of nitrogens with zero attached hydrogens (tertiary/aromatic N) is 1. The summed E-state index contributed by atoms with van der Waals surface area (Å²) in [6, 6.07) is 4.26. The third kappa shape index (κ3) is 4.61. The maximum absolute atomic E-state index is 13.0. The van der Waals surface area contributed by atoms with Crippen molar-refractivity contribution in [3.8, 4) is 0 Å². The first-order chi connectivity index (χ1) is 9.90. The van der Waals surface area contributed by atoms with Crippen molar-refractivity contribution in [2.24, 2.45) is 5.92 Å². The summed E-state index contributed by atoms with van der Waals surface area (Å²) in [5.41, 5.74) is -0.438. The van der Waals surface area contributed by atoms with Crippen LogP contribution in [0.1, 0.15) is 25.3 Å². The van der Waals surface area contributed by atoms with Crippen molar-refractivity contribution in [1.29, 1.82) is 0 Å². The van der Waals surface area contributed by atoms with Gasteiger partial charge >= 0.3 is 6.18 Å². The van der Waals surface area contributed by atoms with Gasteiger partial charge in [-0.25, -0.2) is 0 Å². The van der Waals surface area contributed by atoms with Gasteiger partial charge in [-0.15, -0.1) is 0 Å². The molecule has 1 aromatic rings. The van der Waals surface area contributed by atoms with Crippen LogP contribution >= 0.6 is 15.9 Å². The van der Waals surface area contributed by atoms with Crippen LogP contribution in [0.15, 0.2) is 22.7 Å². The highest BCUT2D eigenvalue weighted by atomic mass is 79.9. The van der Waals surface area contributed by atoms with Gasteiger partial charge in [-0.05, 0) is 56.6 Å². The summed E-state index contributed by atoms with van der Waals surface area (Å²) in [5.74, 6) is 0.442. The van der Waals surface area contributed by atoms with Gasteiger partial charge in [0.15, 0.2) is 0 Å². The van der Waals surface area contributed by atoms with Crippen LogP contribution in [0.5, 0.6) is 0 Å². The number of hydrogen-bond donors (Lipinski definition) is 1. The first-order valence-electron chi connectivity index (χ1n) is 7.23. The summed E-state index contributed by atoms with van der Waals surface area (Å²) >= 11 is 3.10. The Hall–Kier alpha value is -0.750. The fourth-order valence-electron chi connectivity index (χ4n) is 2.67. The van der Waals surface area contributed by atoms with E-state index in [2.05, 4.69) is 33.1 Å². The summed E-state index contributed by atoms with van der Waals surface area (Å²) in [5, 5.41) is 2.99. The molecule has 0 saturated carbocycles. The molecule has 0 aliphatic carbocycles. The second-order valence-electron chi connectivity index (χ2n) is 5.45. The topological polar surface area (TPSA) is 15.3 Å². The van der Waals surface area contributed by atoms with Gasteiger partial charge < -0.3 is 10.2 Å². The molecule has 2 rings (SSSR count). The molecule has 1 aromatic carbocycles. The number of piperidine rings is 1. The highest BCUT2D eigenvalue weighted by Crippen LogP contribution is 2.36. The standard InChI is InChI=1S/C15H20BrF3N2/c1-2-21-7-5-11(6-8-21)10-20-14-4-3-12(16)9-13(14)15(17,18)19/h3-4,9,11,20H,2,5-8,10H2,1H3. The van der Waals surface area contributed by atoms with Crippen LogP contribution in [0.4, 0.5) is 18.9 Å². The monoisotopic (exact) mass is 364 g/mol. The van der Waals surface area contributed by atoms with Gasteiger partial charge in [-0.1, -0.05) is 22.9 Å². The lowest BCUT2D eigenvalue weighted by Gasteiger charge is -2.31. The zero-order valence-corrected chi connectivity index (χ0v) is 13.6. The highest BCUT2D eigenvalue weighted by Gasteiger charge is 2.33. The SMILES string of the molecule is CCN1CCC(CNc2ccc(Br)cc2C(F)(F)F)CC1. The molecule has 21 heavy (non-hydrogen) atoms. The van der Waals surface area contributed by atoms with E-state index in [0.29, 0.717) is 16.9 Å². The van der Waals surface area contributed by atoms with E-state index in [9.17, 15) is 13.2 Å². The molecular formula is C15H20BrF3N2. The van der Waals surface area contributed by atoms with Gasteiger partial charge in [-0.2, -0.15) is 13.2 Å². The number of hydrogen-bond acceptors (Lipinski definition) is 2. The second kappa shape index (κ2) is 7.01. The average Bonchev–Trinajstić information content (AvgIpc) is 2.45. The number of halogens is 4. The van der Waals surface area contributed by atoms with Crippen molar-refractivity contribution in [1.82, 2.24) is 4.90 Å². The predicted molar refractivity (Wildman–Crippen MR) is 82.5 cm³/mol. The van der Waals surface area contributed by atoms with Gasteiger partial charge in [0, 0.05) is 16.7 Å². The van der Waals surface area contributed by atoms with Crippen molar-refractivity contribution < 1.29 is 13.2 Å². The summed E-state index contributed by atoms with van der Waals surface area (Å²) in [6.45, 7) is 5.86. The van der Waals surface area contributed by atoms with Crippen LogP contribution in [0.2, 0.25) is 0 Å². The normalized spacial score (nSPS) is 18.0. The largest absolute Gasteiger partial charge is 0.418 e. The Morgan fingerprint density at radius 3 is 2.52 bits per heavy atom. The van der Waals surface area contributed by atoms with E-state index < -0.39 is 11.7 Å². The number of likely N-dealkylation sites (tertiary alicyclic amines) is 1. The van der Waals surface area contributed by atoms with E-state index in [4.69, 9.17) is 0 Å². The van der Waals surface area contributed by atoms with E-state index >= 15 is 0 Å². The van der Waals surface area contributed by atoms with Gasteiger partial charge in [-0.3, -0.25) is 0 Å². The van der Waals surface area contributed by atoms with Crippen molar-refractivity contribution in [2.45, 2.75) is 25.9 Å². The van der Waals surface area contributed by atoms with Gasteiger partial charge in [0.2, 0.25) is 0 Å². The molecule has 1 heterocycles. The lowest BCUT2D eigenvalue weighted by Crippen LogP contribution is -2.35. The maximum atomic E-state index is 13.0. The Labute approximate surface area is 131 Å². The van der Waals surface area contributed by atoms with Crippen LogP contribution in [0, 0.1) is 5.92 Å². The first kappa shape index (κ1) is 16.6. The van der Waals surface area contributed by atoms with E-state index in [1.165, 1.54) is 6.07 Å². The Bertz CT molecular complexity index is 468. The molecule has 118 valence electrons. The molecule has 1 saturated heterocycles. The predicted octanol–water partition coefficient (Wildman–Crippen LogP) is 4.61. The van der Waals surface area contributed by atoms with Gasteiger partial charge in [0.25, 0.3) is 0 Å². The number of nitrogens with one attached hydrogen (secondary N) is 1. The molecule has 1 aliphatic heterocycles. The second-order valence-corrected chi connectivity index (χ2v) is 6.36. The zero-order chi connectivity index (χ0) is 15.5. The fourth-order valence-corrected chi connectivity index (χ4v) is 3.03. The fraction of sp³-hybridized carbons (Fsp3) is 0.600. The molecule has 0 bridgehead atoms. The summed E-state index contributed by atoms with van der Waals surface area (Å²) in [4.78, 5) is 2.37. The van der Waals surface area contributed by atoms with Gasteiger partial charge in [0.05, 0.1) is 5.56 Å². The summed E-state index contributed by atoms with van der Waals surface area (Å²) < 4.78 is 39.5. The molecule has 1 N–H and O–H groups in total. The molecule has 0 unspecified atom stereocenters. The molecule has 1 aliphatic rings. The molecule has 0 aromatic heterocycles. The first-order valence-corrected chi connectivity index (χ1v) is 8.02. The van der Waals surface area contributed by atoms with Crippen LogP contribution in [0.25, 0.3) is 0 Å². The Morgan fingerprint density at radius 2 is 1.95 bits per heavy atom. The third-order valence-electron chi connectivity index (χ3n) is 4.02. The number of alkyl halides is 3. The summed E-state index contributed by atoms with van der Waals surface area (Å²) in [7, 11) is 0. The molecule has 0 spiro atoms. The third-order valence-corrected chi connectivity index (χ3v) is 4.52. The molecular weight excluding hydrogens is 345 g/mol. The van der Waals surface area contributed by atoms with Crippen molar-refractivity contribution in [3.05, 3.63) is 28.2 Å². The minimum Gasteiger partial charge on any atom is -0.384 e. The zero-order valence-electron chi connectivity index (χ0n) is 12.0. The van der Waals surface area contributed by atoms with Crippen LogP contribution in [0.3, 0.4) is 0 Å². The van der Waals surface area contributed by atoms with Crippen molar-refractivity contribution in [2.75, 3.05) is 31.5 Å². The number of benzene rings is 1. The molecule has 2 nitrogen and oxygen atoms in total. The Morgan fingerprint density at radius 1 is 1.29 bits per heavy atom. The van der Waals surface area contributed by atoms with E-state index in [-0.39, 0.29) is 5.69 Å². The minimum atomic E-state index is -4.34. The quantitative estimate of drug-likeness (QED) is 0.838. The van der Waals surface area contributed by atoms with E-state index in [1.807, 2.05) is 0 Å². The highest BCUT2D eigenvalue weighted by molar-refractivity contribution is 9.10. The van der Waals surface area contributed by atoms with Crippen molar-refractivity contribution in [3.63, 3.8) is 0 Å². The molecule has 0 amide bonds. The molecule has 6 heteroatoms. The minimum absolute atomic E-state index is 0.170. The van der Waals surface area contributed by atoms with Crippen LogP contribution in [-0.4, -0.2) is 31.1 Å². The lowest BCUT2D eigenvalue weighted by molar-refractivity contribution is -0.137. The number of rotatable bonds is 4. The average molecular weight is 365 g/mol.